The van der Waals surface area contributed by atoms with Crippen molar-refractivity contribution in [2.75, 3.05) is 7.11 Å². The summed E-state index contributed by atoms with van der Waals surface area (Å²) in [5.74, 6) is -1.66. The van der Waals surface area contributed by atoms with Crippen molar-refractivity contribution in [3.63, 3.8) is 0 Å². The molecule has 0 fully saturated rings. The number of aromatic carboxylic acids is 2. The lowest BCUT2D eigenvalue weighted by Crippen LogP contribution is -2.01. The third-order valence-electron chi connectivity index (χ3n) is 2.71. The van der Waals surface area contributed by atoms with E-state index in [4.69, 9.17) is 19.7 Å². The highest BCUT2D eigenvalue weighted by Crippen LogP contribution is 2.29. The summed E-state index contributed by atoms with van der Waals surface area (Å²) in [5.41, 5.74) is -0.0330. The van der Waals surface area contributed by atoms with E-state index in [0.717, 1.165) is 0 Å². The van der Waals surface area contributed by atoms with Gasteiger partial charge in [-0.1, -0.05) is 12.1 Å². The number of methoxy groups -OCH3 is 1. The molecule has 0 bridgehead atoms. The molecule has 0 aliphatic rings. The Balaban J connectivity index is 2.42. The van der Waals surface area contributed by atoms with Crippen molar-refractivity contribution in [3.05, 3.63) is 53.6 Å². The van der Waals surface area contributed by atoms with Crippen LogP contribution in [0.4, 0.5) is 0 Å². The molecule has 0 spiro atoms. The van der Waals surface area contributed by atoms with E-state index in [-0.39, 0.29) is 22.6 Å². The Morgan fingerprint density at radius 3 is 2.24 bits per heavy atom. The van der Waals surface area contributed by atoms with Crippen LogP contribution in [-0.2, 0) is 0 Å². The number of benzene rings is 2. The fourth-order valence-electron chi connectivity index (χ4n) is 1.73. The van der Waals surface area contributed by atoms with Gasteiger partial charge in [-0.2, -0.15) is 0 Å². The molecule has 0 aliphatic carbocycles. The van der Waals surface area contributed by atoms with Crippen LogP contribution in [0.3, 0.4) is 0 Å². The second-order valence-electron chi connectivity index (χ2n) is 4.11. The molecule has 6 nitrogen and oxygen atoms in total. The van der Waals surface area contributed by atoms with Crippen molar-refractivity contribution in [1.82, 2.24) is 0 Å². The summed E-state index contributed by atoms with van der Waals surface area (Å²) in [4.78, 5) is 22.2. The molecule has 0 aromatic heterocycles. The van der Waals surface area contributed by atoms with Crippen molar-refractivity contribution < 1.29 is 29.3 Å². The molecule has 2 aromatic carbocycles. The molecule has 2 N–H and O–H groups in total. The first kappa shape index (κ1) is 14.4. The summed E-state index contributed by atoms with van der Waals surface area (Å²) in [6, 6.07) is 10.2. The number of carboxylic acids is 2. The van der Waals surface area contributed by atoms with Crippen LogP contribution >= 0.6 is 0 Å². The molecule has 0 amide bonds. The zero-order valence-corrected chi connectivity index (χ0v) is 11.1. The highest BCUT2D eigenvalue weighted by atomic mass is 16.5. The topological polar surface area (TPSA) is 93.1 Å². The Labute approximate surface area is 120 Å². The molecule has 0 saturated heterocycles. The van der Waals surface area contributed by atoms with Crippen molar-refractivity contribution >= 4 is 11.9 Å². The first-order valence-corrected chi connectivity index (χ1v) is 5.94. The fourth-order valence-corrected chi connectivity index (χ4v) is 1.73. The number of hydrogen-bond donors (Lipinski definition) is 2. The van der Waals surface area contributed by atoms with Crippen LogP contribution in [0.2, 0.25) is 0 Å². The molecule has 0 heterocycles. The average Bonchev–Trinajstić information content (AvgIpc) is 2.47. The minimum atomic E-state index is -1.13. The molecule has 0 unspecified atom stereocenters. The molecular formula is C15H12O6. The lowest BCUT2D eigenvalue weighted by Gasteiger charge is -2.10. The van der Waals surface area contributed by atoms with Gasteiger partial charge in [-0.15, -0.1) is 0 Å². The Morgan fingerprint density at radius 1 is 0.952 bits per heavy atom. The van der Waals surface area contributed by atoms with Crippen LogP contribution < -0.4 is 9.47 Å². The minimum Gasteiger partial charge on any atom is -0.497 e. The summed E-state index contributed by atoms with van der Waals surface area (Å²) >= 11 is 0. The fraction of sp³-hybridized carbons (Fsp3) is 0.0667. The maximum Gasteiger partial charge on any atom is 0.339 e. The summed E-state index contributed by atoms with van der Waals surface area (Å²) in [7, 11) is 1.40. The maximum atomic E-state index is 11.1. The smallest absolute Gasteiger partial charge is 0.339 e. The van der Waals surface area contributed by atoms with Crippen molar-refractivity contribution in [2.45, 2.75) is 0 Å². The van der Waals surface area contributed by atoms with Crippen LogP contribution in [0.5, 0.6) is 17.2 Å². The van der Waals surface area contributed by atoms with Gasteiger partial charge in [0.2, 0.25) is 0 Å². The van der Waals surface area contributed by atoms with Gasteiger partial charge in [0.15, 0.2) is 0 Å². The molecule has 0 radical (unpaired) electrons. The Kier molecular flexibility index (Phi) is 4.08. The third-order valence-corrected chi connectivity index (χ3v) is 2.71. The molecule has 108 valence electrons. The first-order valence-electron chi connectivity index (χ1n) is 5.94. The van der Waals surface area contributed by atoms with Gasteiger partial charge in [-0.25, -0.2) is 9.59 Å². The molecular weight excluding hydrogens is 276 g/mol. The predicted molar refractivity (Wildman–Crippen MR) is 73.4 cm³/mol. The number of ether oxygens (including phenoxy) is 2. The molecule has 6 heteroatoms. The molecule has 0 aliphatic heterocycles. The average molecular weight is 288 g/mol. The standard InChI is InChI=1S/C15H12O6/c1-20-10-6-9(14(16)17)7-11(8-10)21-13-5-3-2-4-12(13)15(18)19/h2-8H,1H3,(H,16,17)(H,18,19). The number of para-hydroxylation sites is 1. The van der Waals surface area contributed by atoms with Crippen LogP contribution in [0.1, 0.15) is 20.7 Å². The van der Waals surface area contributed by atoms with Crippen molar-refractivity contribution in [1.29, 1.82) is 0 Å². The van der Waals surface area contributed by atoms with Gasteiger partial charge < -0.3 is 19.7 Å². The van der Waals surface area contributed by atoms with Gasteiger partial charge >= 0.3 is 11.9 Å². The molecule has 0 atom stereocenters. The summed E-state index contributed by atoms with van der Waals surface area (Å²) in [6.07, 6.45) is 0. The van der Waals surface area contributed by atoms with Crippen LogP contribution in [0, 0.1) is 0 Å². The van der Waals surface area contributed by atoms with E-state index < -0.39 is 11.9 Å². The number of carboxylic acid groups (broad SMARTS) is 2. The largest absolute Gasteiger partial charge is 0.497 e. The predicted octanol–water partition coefficient (Wildman–Crippen LogP) is 2.88. The van der Waals surface area contributed by atoms with E-state index in [2.05, 4.69) is 0 Å². The van der Waals surface area contributed by atoms with E-state index >= 15 is 0 Å². The Hall–Kier alpha value is -3.02. The Morgan fingerprint density at radius 2 is 1.62 bits per heavy atom. The van der Waals surface area contributed by atoms with Gasteiger partial charge in [0.05, 0.1) is 12.7 Å². The van der Waals surface area contributed by atoms with E-state index in [0.29, 0.717) is 5.75 Å². The highest BCUT2D eigenvalue weighted by molar-refractivity contribution is 5.91. The van der Waals surface area contributed by atoms with Crippen LogP contribution in [-0.4, -0.2) is 29.3 Å². The molecule has 2 aromatic rings. The van der Waals surface area contributed by atoms with E-state index in [1.807, 2.05) is 0 Å². The second-order valence-corrected chi connectivity index (χ2v) is 4.11. The number of rotatable bonds is 5. The van der Waals surface area contributed by atoms with Crippen molar-refractivity contribution in [3.8, 4) is 17.2 Å². The van der Waals surface area contributed by atoms with Crippen molar-refractivity contribution in [2.24, 2.45) is 0 Å². The second kappa shape index (κ2) is 5.96. The van der Waals surface area contributed by atoms with Crippen LogP contribution in [0.15, 0.2) is 42.5 Å². The molecule has 2 rings (SSSR count). The zero-order valence-electron chi connectivity index (χ0n) is 11.1. The van der Waals surface area contributed by atoms with Crippen LogP contribution in [0.25, 0.3) is 0 Å². The van der Waals surface area contributed by atoms with Gasteiger partial charge in [0.1, 0.15) is 22.8 Å². The molecule has 0 saturated carbocycles. The van der Waals surface area contributed by atoms with Gasteiger partial charge in [-0.3, -0.25) is 0 Å². The van der Waals surface area contributed by atoms with E-state index in [1.165, 1.54) is 37.4 Å². The van der Waals surface area contributed by atoms with E-state index in [9.17, 15) is 9.59 Å². The molecule has 21 heavy (non-hydrogen) atoms. The minimum absolute atomic E-state index is 0.0165. The number of carbonyl (C=O) groups is 2. The highest BCUT2D eigenvalue weighted by Gasteiger charge is 2.13. The SMILES string of the molecule is COc1cc(Oc2ccccc2C(=O)O)cc(C(=O)O)c1. The summed E-state index contributed by atoms with van der Waals surface area (Å²) in [6.45, 7) is 0. The van der Waals surface area contributed by atoms with Gasteiger partial charge in [-0.05, 0) is 24.3 Å². The van der Waals surface area contributed by atoms with Gasteiger partial charge in [0.25, 0.3) is 0 Å². The third kappa shape index (κ3) is 3.30. The summed E-state index contributed by atoms with van der Waals surface area (Å²) < 4.78 is 10.5. The normalized spacial score (nSPS) is 9.95. The summed E-state index contributed by atoms with van der Waals surface area (Å²) in [5, 5.41) is 18.1. The monoisotopic (exact) mass is 288 g/mol. The maximum absolute atomic E-state index is 11.1. The lowest BCUT2D eigenvalue weighted by molar-refractivity contribution is 0.0683. The first-order chi connectivity index (χ1) is 10.0. The lowest BCUT2D eigenvalue weighted by atomic mass is 10.2. The zero-order chi connectivity index (χ0) is 15.4. The van der Waals surface area contributed by atoms with Gasteiger partial charge in [0, 0.05) is 6.07 Å². The Bertz CT molecular complexity index is 692. The van der Waals surface area contributed by atoms with E-state index in [1.54, 1.807) is 12.1 Å². The number of hydrogen-bond acceptors (Lipinski definition) is 4. The quantitative estimate of drug-likeness (QED) is 0.878.